The van der Waals surface area contributed by atoms with E-state index in [1.165, 1.54) is 62.3 Å². The van der Waals surface area contributed by atoms with E-state index >= 15 is 0 Å². The van der Waals surface area contributed by atoms with Crippen LogP contribution in [0.5, 0.6) is 11.5 Å². The van der Waals surface area contributed by atoms with Crippen LogP contribution in [0, 0.1) is 23.7 Å². The van der Waals surface area contributed by atoms with Gasteiger partial charge in [0, 0.05) is 41.8 Å². The third-order valence-corrected chi connectivity index (χ3v) is 19.2. The minimum absolute atomic E-state index is 0. The molecule has 5 amide bonds. The molecule has 2 heterocycles. The lowest BCUT2D eigenvalue weighted by Crippen LogP contribution is -2.70. The highest BCUT2D eigenvalue weighted by atomic mass is 32.2. The van der Waals surface area contributed by atoms with Gasteiger partial charge in [0.2, 0.25) is 17.5 Å². The smallest absolute Gasteiger partial charge is 0.315 e. The van der Waals surface area contributed by atoms with E-state index in [1.54, 1.807) is 25.6 Å². The lowest BCUT2D eigenvalue weighted by atomic mass is 9.54. The van der Waals surface area contributed by atoms with Crippen molar-refractivity contribution in [1.29, 1.82) is 0 Å². The number of fused-ring (bicyclic) bond motifs is 7. The van der Waals surface area contributed by atoms with Crippen molar-refractivity contribution in [3.05, 3.63) is 80.3 Å². The Kier molecular flexibility index (Phi) is 15.8. The third-order valence-electron chi connectivity index (χ3n) is 17.6. The first-order chi connectivity index (χ1) is 37.9. The average molecular weight is 1160 g/mol. The summed E-state index contributed by atoms with van der Waals surface area (Å²) in [4.78, 5) is 105. The topological polar surface area (TPSA) is 459 Å². The second-order valence-electron chi connectivity index (χ2n) is 22.4. The molecular weight excluding hydrogens is 1090 g/mol. The molecule has 15 atom stereocenters. The van der Waals surface area contributed by atoms with E-state index in [9.17, 15) is 89.4 Å². The molecule has 26 nitrogen and oxygen atoms in total. The van der Waals surface area contributed by atoms with Gasteiger partial charge in [-0.25, -0.2) is 4.79 Å². The van der Waals surface area contributed by atoms with Crippen LogP contribution >= 0.6 is 11.8 Å². The number of hydrogen-bond donors (Lipinski definition) is 16. The molecule has 0 bridgehead atoms. The molecule has 27 heteroatoms. The van der Waals surface area contributed by atoms with Crippen molar-refractivity contribution in [2.24, 2.45) is 35.1 Å². The van der Waals surface area contributed by atoms with Gasteiger partial charge in [0.1, 0.15) is 45.7 Å². The summed E-state index contributed by atoms with van der Waals surface area (Å²) in [6, 6.07) is 3.13. The van der Waals surface area contributed by atoms with Gasteiger partial charge in [0.05, 0.1) is 70.7 Å². The molecule has 82 heavy (non-hydrogen) atoms. The number of aliphatic hydroxyl groups excluding tert-OH is 6. The SMILES string of the molecule is C.C[C@H]1c2ccc(N)c(O)c2C(O)=C2C(=O)[C@]3(O)C(O)=C(C(N)=O)C(=O)[C@@H](N(C)C)C3[C@@H](O)C21.C[C@H]1c2ccc(NC(=O)CCCC[C@@H]3SC[C@@H]4NC(=O)N[C@@H]43)c(O)c2C(O)=C2C(=O)[C@]3(O)C(O)=C(C(N)=O)C(=O)[C@@H](N(C)C)C3[C@@H](O)C21.[2HH]. The molecule has 4 fully saturated rings. The number of phenols is 2. The zero-order chi connectivity index (χ0) is 59.7. The van der Waals surface area contributed by atoms with Gasteiger partial charge in [-0.3, -0.25) is 43.4 Å². The fraction of sp³-hybridized carbons (Fsp3) is 0.491. The van der Waals surface area contributed by atoms with E-state index in [4.69, 9.17) is 17.2 Å². The van der Waals surface area contributed by atoms with E-state index < -0.39 is 169 Å². The van der Waals surface area contributed by atoms with Crippen LogP contribution in [0.2, 0.25) is 0 Å². The number of rotatable bonds is 10. The summed E-state index contributed by atoms with van der Waals surface area (Å²) in [5.74, 6) is -18.8. The zero-order valence-electron chi connectivity index (χ0n) is 44.6. The van der Waals surface area contributed by atoms with Crippen molar-refractivity contribution in [3.8, 4) is 11.5 Å². The van der Waals surface area contributed by atoms with E-state index in [-0.39, 0.29) is 61.1 Å². The maximum absolute atomic E-state index is 14.1. The van der Waals surface area contributed by atoms with Crippen LogP contribution in [0.4, 0.5) is 16.2 Å². The standard InChI is InChI=1S/C32H39N5O10S.C22H25N3O8.CH4.H2/c1-11-12-8-9-13(34-16(38)7-5-4-6-15-22-14(10-48-15)35-31(46)36-22)24(39)18(12)25(40)19-17(11)26(41)21-23(37(2)3)27(42)20(30(33)45)29(44)32(21,47)28(19)43;1-6-7-4-5-8(23)15(26)10(7)16(27)11-9(6)17(28)13-14(25(2)3)18(29)12(21(24)32)20(31)22(13,33)19(11)30;;/h8-9,11,14-15,17,21-23,26,39-41,44,47H,4-7,10H2,1-3H3,(H2,33,45)(H,34,38)(H2,35,36,46);4-6,9,13-14,17,26-28,31,33H,23H2,1-3H3,(H2,24,32);1H4;1H/t11-,14-,15-,17?,21?,22-,23-,26-,32-;6-,9?,13?,14-,17-,22-;;/m00../s1/i;;;1+1. The fourth-order valence-corrected chi connectivity index (χ4v) is 15.4. The molecule has 8 aliphatic rings. The number of carbonyl (C=O) groups is 8. The predicted molar refractivity (Wildman–Crippen MR) is 297 cm³/mol. The second kappa shape index (κ2) is 21.3. The molecule has 2 aromatic carbocycles. The van der Waals surface area contributed by atoms with Crippen LogP contribution in [-0.2, 0) is 33.6 Å². The number of anilines is 2. The Bertz CT molecular complexity index is 3310. The highest BCUT2D eigenvalue weighted by molar-refractivity contribution is 8.00. The van der Waals surface area contributed by atoms with Crippen molar-refractivity contribution in [1.82, 2.24) is 20.4 Å². The lowest BCUT2D eigenvalue weighted by Gasteiger charge is -2.53. The molecule has 444 valence electrons. The monoisotopic (exact) mass is 1160 g/mol. The van der Waals surface area contributed by atoms with Crippen molar-refractivity contribution >= 4 is 81.5 Å². The first kappa shape index (κ1) is 60.6. The number of aromatic hydroxyl groups is 2. The number of nitrogen functional groups attached to an aromatic ring is 1. The van der Waals surface area contributed by atoms with Gasteiger partial charge in [-0.1, -0.05) is 39.8 Å². The summed E-state index contributed by atoms with van der Waals surface area (Å²) in [6.07, 6.45) is -1.09. The Morgan fingerprint density at radius 1 is 0.707 bits per heavy atom. The molecule has 2 saturated heterocycles. The number of aliphatic hydroxyl groups is 8. The van der Waals surface area contributed by atoms with Gasteiger partial charge in [0.15, 0.2) is 22.8 Å². The maximum atomic E-state index is 14.1. The molecule has 2 aromatic rings. The molecule has 2 saturated carbocycles. The van der Waals surface area contributed by atoms with Crippen LogP contribution in [0.25, 0.3) is 11.5 Å². The minimum Gasteiger partial charge on any atom is -0.508 e. The maximum Gasteiger partial charge on any atom is 0.315 e. The van der Waals surface area contributed by atoms with Crippen LogP contribution in [0.1, 0.15) is 82.5 Å². The number of nitrogens with one attached hydrogen (secondary N) is 3. The van der Waals surface area contributed by atoms with Gasteiger partial charge >= 0.3 is 6.03 Å². The zero-order valence-corrected chi connectivity index (χ0v) is 45.4. The first-order valence-corrected chi connectivity index (χ1v) is 27.0. The fourth-order valence-electron chi connectivity index (χ4n) is 13.8. The summed E-state index contributed by atoms with van der Waals surface area (Å²) in [5, 5.41) is 121. The number of ketones is 4. The number of carbonyl (C=O) groups excluding carboxylic acids is 8. The molecule has 0 aromatic heterocycles. The van der Waals surface area contributed by atoms with Crippen LogP contribution in [0.3, 0.4) is 0 Å². The molecule has 2 aliphatic heterocycles. The molecular formula is C55H70N8O18S. The summed E-state index contributed by atoms with van der Waals surface area (Å²) in [5.41, 5.74) is 7.79. The number of hydrogen-bond acceptors (Lipinski definition) is 22. The van der Waals surface area contributed by atoms with Crippen molar-refractivity contribution in [3.63, 3.8) is 0 Å². The van der Waals surface area contributed by atoms with Gasteiger partial charge in [-0.2, -0.15) is 11.8 Å². The number of nitrogens with two attached hydrogens (primary N) is 3. The van der Waals surface area contributed by atoms with Gasteiger partial charge in [-0.05, 0) is 76.1 Å². The van der Waals surface area contributed by atoms with Crippen LogP contribution in [0.15, 0.2) is 58.1 Å². The Hall–Kier alpha value is -7.53. The van der Waals surface area contributed by atoms with Gasteiger partial charge < -0.3 is 84.2 Å². The Balaban J connectivity index is 0.000000249. The Labute approximate surface area is 474 Å². The number of amides is 5. The largest absolute Gasteiger partial charge is 0.508 e. The average Bonchev–Trinajstić information content (AvgIpc) is 1.62. The summed E-state index contributed by atoms with van der Waals surface area (Å²) in [7, 11) is 5.78. The van der Waals surface area contributed by atoms with E-state index in [0.29, 0.717) is 17.5 Å². The second-order valence-corrected chi connectivity index (χ2v) is 23.7. The van der Waals surface area contributed by atoms with Crippen molar-refractivity contribution in [2.45, 2.75) is 112 Å². The first-order valence-electron chi connectivity index (χ1n) is 26.0. The molecule has 0 radical (unpaired) electrons. The van der Waals surface area contributed by atoms with E-state index in [0.717, 1.165) is 18.6 Å². The molecule has 0 spiro atoms. The number of nitrogens with zero attached hydrogens (tertiary/aromatic N) is 2. The van der Waals surface area contributed by atoms with E-state index in [1.807, 2.05) is 0 Å². The molecule has 4 unspecified atom stereocenters. The number of thioether (sulfide) groups is 1. The number of phenolic OH excluding ortho intramolecular Hbond substituents is 2. The number of unbranched alkanes of at least 4 members (excludes halogenated alkanes) is 1. The normalized spacial score (nSPS) is 33.4. The molecule has 10 rings (SSSR count). The lowest BCUT2D eigenvalue weighted by molar-refractivity contribution is -0.170. The van der Waals surface area contributed by atoms with Crippen LogP contribution < -0.4 is 33.2 Å². The third kappa shape index (κ3) is 8.68. The van der Waals surface area contributed by atoms with Gasteiger partial charge in [0.25, 0.3) is 11.8 Å². The number of primary amides is 2. The summed E-state index contributed by atoms with van der Waals surface area (Å²) in [6.45, 7) is 3.28. The Morgan fingerprint density at radius 2 is 1.16 bits per heavy atom. The van der Waals surface area contributed by atoms with E-state index in [2.05, 4.69) is 16.0 Å². The number of benzene rings is 2. The highest BCUT2D eigenvalue weighted by Crippen LogP contribution is 2.59. The van der Waals surface area contributed by atoms with Gasteiger partial charge in [-0.15, -0.1) is 0 Å². The number of Topliss-reactive ketones (excluding diaryl/α,β-unsaturated/α-hetero) is 4. The van der Waals surface area contributed by atoms with Crippen molar-refractivity contribution < 1.29 is 90.8 Å². The summed E-state index contributed by atoms with van der Waals surface area (Å²) >= 11 is 1.78. The highest BCUT2D eigenvalue weighted by Gasteiger charge is 2.70. The Morgan fingerprint density at radius 3 is 1.61 bits per heavy atom. The predicted octanol–water partition coefficient (Wildman–Crippen LogP) is 0.120. The molecule has 6 aliphatic carbocycles. The summed E-state index contributed by atoms with van der Waals surface area (Å²) < 4.78 is 0. The molecule has 19 N–H and O–H groups in total. The quantitative estimate of drug-likeness (QED) is 0.0494. The number of urea groups is 1. The minimum atomic E-state index is -3.01. The van der Waals surface area contributed by atoms with Crippen LogP contribution in [-0.4, -0.2) is 195 Å². The number of likely N-dealkylation sites (N-methyl/N-ethyl adjacent to an activating group) is 2. The van der Waals surface area contributed by atoms with Crippen molar-refractivity contribution in [2.75, 3.05) is 45.0 Å².